The molecule has 0 bridgehead atoms. The van der Waals surface area contributed by atoms with Gasteiger partial charge in [0, 0.05) is 39.8 Å². The topological polar surface area (TPSA) is 24.3 Å². The van der Waals surface area contributed by atoms with Crippen LogP contribution in [0.3, 0.4) is 0 Å². The van der Waals surface area contributed by atoms with Crippen LogP contribution < -0.4 is 0 Å². The highest BCUT2D eigenvalue weighted by atomic mass is 15.3. The predicted molar refractivity (Wildman–Crippen MR) is 75.1 cm³/mol. The van der Waals surface area contributed by atoms with E-state index in [4.69, 9.17) is 0 Å². The molecule has 1 aliphatic heterocycles. The summed E-state index contributed by atoms with van der Waals surface area (Å²) in [4.78, 5) is 4.52. The van der Waals surface area contributed by atoms with Crippen LogP contribution in [0.15, 0.2) is 12.6 Å². The van der Waals surface area contributed by atoms with Crippen molar-refractivity contribution in [2.45, 2.75) is 39.4 Å². The maximum atomic E-state index is 4.67. The SMILES string of the molecule is C=C(c1cc2n(n1)CCCN(C(C)C)C2)N(C)C. The van der Waals surface area contributed by atoms with E-state index in [1.165, 1.54) is 12.1 Å². The van der Waals surface area contributed by atoms with Crippen molar-refractivity contribution in [1.29, 1.82) is 0 Å². The molecule has 2 rings (SSSR count). The lowest BCUT2D eigenvalue weighted by Gasteiger charge is -2.23. The molecule has 0 unspecified atom stereocenters. The van der Waals surface area contributed by atoms with Crippen molar-refractivity contribution in [3.63, 3.8) is 0 Å². The van der Waals surface area contributed by atoms with Crippen molar-refractivity contribution in [1.82, 2.24) is 19.6 Å². The number of aromatic nitrogens is 2. The average Bonchev–Trinajstić information content (AvgIpc) is 2.59. The molecule has 18 heavy (non-hydrogen) atoms. The lowest BCUT2D eigenvalue weighted by atomic mass is 10.2. The summed E-state index contributed by atoms with van der Waals surface area (Å²) in [6.45, 7) is 11.8. The zero-order chi connectivity index (χ0) is 13.3. The molecule has 0 saturated heterocycles. The fourth-order valence-corrected chi connectivity index (χ4v) is 2.30. The molecule has 0 fully saturated rings. The van der Waals surface area contributed by atoms with E-state index in [1.54, 1.807) is 0 Å². The molecule has 0 radical (unpaired) electrons. The Morgan fingerprint density at radius 1 is 1.39 bits per heavy atom. The van der Waals surface area contributed by atoms with Gasteiger partial charge in [0.05, 0.1) is 11.4 Å². The molecule has 0 spiro atoms. The molecule has 4 nitrogen and oxygen atoms in total. The fraction of sp³-hybridized carbons (Fsp3) is 0.643. The van der Waals surface area contributed by atoms with Crippen LogP contribution in [0, 0.1) is 0 Å². The molecule has 1 aliphatic rings. The monoisotopic (exact) mass is 248 g/mol. The summed E-state index contributed by atoms with van der Waals surface area (Å²) in [5.74, 6) is 0. The van der Waals surface area contributed by atoms with Gasteiger partial charge < -0.3 is 4.90 Å². The molecule has 1 aromatic rings. The second kappa shape index (κ2) is 5.14. The minimum Gasteiger partial charge on any atom is -0.376 e. The summed E-state index contributed by atoms with van der Waals surface area (Å²) in [6, 6.07) is 2.77. The summed E-state index contributed by atoms with van der Waals surface area (Å²) in [6.07, 6.45) is 1.17. The number of rotatable bonds is 3. The van der Waals surface area contributed by atoms with Gasteiger partial charge in [0.25, 0.3) is 0 Å². The Morgan fingerprint density at radius 2 is 2.11 bits per heavy atom. The highest BCUT2D eigenvalue weighted by molar-refractivity contribution is 5.58. The second-order valence-corrected chi connectivity index (χ2v) is 5.50. The van der Waals surface area contributed by atoms with E-state index in [2.05, 4.69) is 41.2 Å². The van der Waals surface area contributed by atoms with Gasteiger partial charge in [-0.3, -0.25) is 9.58 Å². The maximum Gasteiger partial charge on any atom is 0.108 e. The summed E-state index contributed by atoms with van der Waals surface area (Å²) in [7, 11) is 4.01. The Balaban J connectivity index is 2.23. The molecule has 1 aromatic heterocycles. The fourth-order valence-electron chi connectivity index (χ4n) is 2.30. The third-order valence-electron chi connectivity index (χ3n) is 3.61. The maximum absolute atomic E-state index is 4.67. The molecule has 0 atom stereocenters. The molecule has 0 amide bonds. The van der Waals surface area contributed by atoms with Crippen LogP contribution in [-0.2, 0) is 13.1 Å². The van der Waals surface area contributed by atoms with Gasteiger partial charge >= 0.3 is 0 Å². The van der Waals surface area contributed by atoms with Crippen molar-refractivity contribution < 1.29 is 0 Å². The normalized spacial score (nSPS) is 16.5. The van der Waals surface area contributed by atoms with Crippen molar-refractivity contribution in [2.75, 3.05) is 20.6 Å². The zero-order valence-electron chi connectivity index (χ0n) is 12.0. The average molecular weight is 248 g/mol. The van der Waals surface area contributed by atoms with E-state index in [1.807, 2.05) is 19.0 Å². The number of aryl methyl sites for hydroxylation is 1. The largest absolute Gasteiger partial charge is 0.376 e. The van der Waals surface area contributed by atoms with E-state index in [0.717, 1.165) is 31.0 Å². The molecule has 100 valence electrons. The van der Waals surface area contributed by atoms with E-state index < -0.39 is 0 Å². The third-order valence-corrected chi connectivity index (χ3v) is 3.61. The molecule has 4 heteroatoms. The van der Waals surface area contributed by atoms with Crippen LogP contribution in [-0.4, -0.2) is 46.3 Å². The lowest BCUT2D eigenvalue weighted by molar-refractivity contribution is 0.216. The van der Waals surface area contributed by atoms with Crippen LogP contribution in [0.2, 0.25) is 0 Å². The molecular formula is C14H24N4. The summed E-state index contributed by atoms with van der Waals surface area (Å²) in [5, 5.41) is 4.67. The third kappa shape index (κ3) is 2.58. The van der Waals surface area contributed by atoms with Gasteiger partial charge in [-0.25, -0.2) is 0 Å². The Morgan fingerprint density at radius 3 is 2.72 bits per heavy atom. The molecule has 0 saturated carbocycles. The van der Waals surface area contributed by atoms with Gasteiger partial charge in [0.15, 0.2) is 0 Å². The van der Waals surface area contributed by atoms with Gasteiger partial charge in [0.1, 0.15) is 5.69 Å². The molecule has 0 aliphatic carbocycles. The van der Waals surface area contributed by atoms with Crippen molar-refractivity contribution >= 4 is 5.70 Å². The van der Waals surface area contributed by atoms with Crippen LogP contribution in [0.25, 0.3) is 5.70 Å². The highest BCUT2D eigenvalue weighted by Gasteiger charge is 2.19. The van der Waals surface area contributed by atoms with Crippen LogP contribution in [0.1, 0.15) is 31.7 Å². The number of hydrogen-bond donors (Lipinski definition) is 0. The quantitative estimate of drug-likeness (QED) is 0.818. The summed E-state index contributed by atoms with van der Waals surface area (Å²) in [5.41, 5.74) is 3.28. The molecule has 0 N–H and O–H groups in total. The van der Waals surface area contributed by atoms with Gasteiger partial charge in [-0.2, -0.15) is 5.10 Å². The van der Waals surface area contributed by atoms with Gasteiger partial charge in [-0.1, -0.05) is 6.58 Å². The number of fused-ring (bicyclic) bond motifs is 1. The Bertz CT molecular complexity index is 431. The first kappa shape index (κ1) is 13.1. The van der Waals surface area contributed by atoms with Crippen LogP contribution in [0.5, 0.6) is 0 Å². The van der Waals surface area contributed by atoms with E-state index >= 15 is 0 Å². The lowest BCUT2D eigenvalue weighted by Crippen LogP contribution is -2.30. The highest BCUT2D eigenvalue weighted by Crippen LogP contribution is 2.19. The first-order valence-corrected chi connectivity index (χ1v) is 6.66. The van der Waals surface area contributed by atoms with E-state index in [9.17, 15) is 0 Å². The smallest absolute Gasteiger partial charge is 0.108 e. The predicted octanol–water partition coefficient (Wildman–Crippen LogP) is 2.03. The minimum absolute atomic E-state index is 0.590. The van der Waals surface area contributed by atoms with E-state index in [0.29, 0.717) is 6.04 Å². The first-order chi connectivity index (χ1) is 8.49. The molecule has 0 aromatic carbocycles. The van der Waals surface area contributed by atoms with Gasteiger partial charge in [-0.15, -0.1) is 0 Å². The van der Waals surface area contributed by atoms with Gasteiger partial charge in [0.2, 0.25) is 0 Å². The van der Waals surface area contributed by atoms with Crippen molar-refractivity contribution in [3.05, 3.63) is 24.0 Å². The summed E-state index contributed by atoms with van der Waals surface area (Å²) < 4.78 is 2.15. The van der Waals surface area contributed by atoms with Crippen LogP contribution >= 0.6 is 0 Å². The molecule has 2 heterocycles. The van der Waals surface area contributed by atoms with Gasteiger partial charge in [-0.05, 0) is 26.3 Å². The zero-order valence-corrected chi connectivity index (χ0v) is 12.0. The van der Waals surface area contributed by atoms with Crippen LogP contribution in [0.4, 0.5) is 0 Å². The van der Waals surface area contributed by atoms with Crippen molar-refractivity contribution in [3.8, 4) is 0 Å². The minimum atomic E-state index is 0.590. The Kier molecular flexibility index (Phi) is 3.76. The number of hydrogen-bond acceptors (Lipinski definition) is 3. The Labute approximate surface area is 110 Å². The second-order valence-electron chi connectivity index (χ2n) is 5.50. The van der Waals surface area contributed by atoms with Crippen molar-refractivity contribution in [2.24, 2.45) is 0 Å². The summed E-state index contributed by atoms with van der Waals surface area (Å²) >= 11 is 0. The number of nitrogens with zero attached hydrogens (tertiary/aromatic N) is 4. The first-order valence-electron chi connectivity index (χ1n) is 6.66. The Hall–Kier alpha value is -1.29. The van der Waals surface area contributed by atoms with E-state index in [-0.39, 0.29) is 0 Å². The molecular weight excluding hydrogens is 224 g/mol. The standard InChI is InChI=1S/C14H24N4/c1-11(2)17-7-6-8-18-13(10-17)9-14(15-18)12(3)16(4)5/h9,11H,3,6-8,10H2,1-2,4-5H3.